The van der Waals surface area contributed by atoms with Gasteiger partial charge >= 0.3 is 0 Å². The molecule has 2 aromatic rings. The number of benzene rings is 2. The van der Waals surface area contributed by atoms with Gasteiger partial charge < -0.3 is 5.11 Å². The van der Waals surface area contributed by atoms with Gasteiger partial charge in [-0.05, 0) is 29.2 Å². The molecule has 1 aliphatic rings. The second-order valence-electron chi connectivity index (χ2n) is 5.12. The van der Waals surface area contributed by atoms with E-state index in [1.54, 1.807) is 0 Å². The van der Waals surface area contributed by atoms with Crippen LogP contribution in [0.1, 0.15) is 37.7 Å². The lowest BCUT2D eigenvalue weighted by atomic mass is 9.78. The fourth-order valence-electron chi connectivity index (χ4n) is 3.04. The fraction of sp³-hybridized carbons (Fsp3) is 0.375. The highest BCUT2D eigenvalue weighted by Crippen LogP contribution is 2.39. The van der Waals surface area contributed by atoms with Crippen LogP contribution in [0.25, 0.3) is 10.8 Å². The van der Waals surface area contributed by atoms with Crippen LogP contribution in [0.4, 0.5) is 0 Å². The molecule has 1 saturated carbocycles. The lowest BCUT2D eigenvalue weighted by molar-refractivity contribution is 0.000763. The van der Waals surface area contributed by atoms with Crippen LogP contribution in [0.3, 0.4) is 0 Å². The third-order valence-corrected chi connectivity index (χ3v) is 3.97. The van der Waals surface area contributed by atoms with Crippen molar-refractivity contribution in [1.29, 1.82) is 0 Å². The van der Waals surface area contributed by atoms with Crippen molar-refractivity contribution in [1.82, 2.24) is 0 Å². The van der Waals surface area contributed by atoms with Gasteiger partial charge in [-0.1, -0.05) is 61.7 Å². The summed E-state index contributed by atoms with van der Waals surface area (Å²) in [6.07, 6.45) is 5.34. The summed E-state index contributed by atoms with van der Waals surface area (Å²) in [5.74, 6) is 0. The molecule has 0 unspecified atom stereocenters. The first-order valence-electron chi connectivity index (χ1n) is 6.50. The molecule has 2 aromatic carbocycles. The Bertz CT molecular complexity index is 519. The molecule has 88 valence electrons. The molecule has 0 amide bonds. The monoisotopic (exact) mass is 226 g/mol. The Morgan fingerprint density at radius 3 is 2.35 bits per heavy atom. The smallest absolute Gasteiger partial charge is 0.0902 e. The lowest BCUT2D eigenvalue weighted by Gasteiger charge is -2.33. The van der Waals surface area contributed by atoms with E-state index in [1.807, 2.05) is 0 Å². The molecule has 0 spiro atoms. The second-order valence-corrected chi connectivity index (χ2v) is 5.12. The quantitative estimate of drug-likeness (QED) is 0.779. The van der Waals surface area contributed by atoms with Gasteiger partial charge in [0.25, 0.3) is 0 Å². The Morgan fingerprint density at radius 1 is 0.824 bits per heavy atom. The Balaban J connectivity index is 2.16. The minimum Gasteiger partial charge on any atom is -0.385 e. The van der Waals surface area contributed by atoms with E-state index in [0.29, 0.717) is 0 Å². The second kappa shape index (κ2) is 4.15. The third-order valence-electron chi connectivity index (χ3n) is 3.97. The van der Waals surface area contributed by atoms with Crippen LogP contribution in [0.5, 0.6) is 0 Å². The maximum Gasteiger partial charge on any atom is 0.0902 e. The summed E-state index contributed by atoms with van der Waals surface area (Å²) in [5, 5.41) is 13.3. The predicted octanol–water partition coefficient (Wildman–Crippen LogP) is 3.99. The van der Waals surface area contributed by atoms with E-state index in [2.05, 4.69) is 42.5 Å². The van der Waals surface area contributed by atoms with Crippen molar-refractivity contribution in [2.45, 2.75) is 37.7 Å². The van der Waals surface area contributed by atoms with Gasteiger partial charge in [0, 0.05) is 0 Å². The molecular weight excluding hydrogens is 208 g/mol. The number of hydrogen-bond acceptors (Lipinski definition) is 1. The highest BCUT2D eigenvalue weighted by Gasteiger charge is 2.32. The molecule has 1 N–H and O–H groups in total. The molecule has 1 fully saturated rings. The molecule has 1 heteroatoms. The van der Waals surface area contributed by atoms with E-state index in [-0.39, 0.29) is 0 Å². The predicted molar refractivity (Wildman–Crippen MR) is 70.9 cm³/mol. The number of hydrogen-bond donors (Lipinski definition) is 1. The van der Waals surface area contributed by atoms with E-state index < -0.39 is 5.60 Å². The van der Waals surface area contributed by atoms with Gasteiger partial charge in [0.05, 0.1) is 5.60 Å². The maximum absolute atomic E-state index is 10.8. The molecule has 17 heavy (non-hydrogen) atoms. The molecule has 0 saturated heterocycles. The van der Waals surface area contributed by atoms with Crippen LogP contribution >= 0.6 is 0 Å². The normalized spacial score (nSPS) is 19.4. The van der Waals surface area contributed by atoms with E-state index in [4.69, 9.17) is 0 Å². The summed E-state index contributed by atoms with van der Waals surface area (Å²) in [7, 11) is 0. The van der Waals surface area contributed by atoms with Crippen LogP contribution in [0.2, 0.25) is 0 Å². The molecular formula is C16H18O. The molecule has 0 aromatic heterocycles. The molecule has 0 heterocycles. The molecule has 3 rings (SSSR count). The molecule has 1 aliphatic carbocycles. The molecule has 0 bridgehead atoms. The van der Waals surface area contributed by atoms with E-state index in [0.717, 1.165) is 31.2 Å². The standard InChI is InChI=1S/C16H18O/c17-16(11-4-1-5-12-16)15-10-6-8-13-7-2-3-9-14(13)15/h2-3,6-10,17H,1,4-5,11-12H2. The van der Waals surface area contributed by atoms with Gasteiger partial charge in [-0.25, -0.2) is 0 Å². The van der Waals surface area contributed by atoms with Crippen molar-refractivity contribution < 1.29 is 5.11 Å². The highest BCUT2D eigenvalue weighted by molar-refractivity contribution is 5.86. The SMILES string of the molecule is OC1(c2cccc3ccccc23)CCCCC1. The van der Waals surface area contributed by atoms with E-state index in [1.165, 1.54) is 17.2 Å². The zero-order valence-corrected chi connectivity index (χ0v) is 10.0. The summed E-state index contributed by atoms with van der Waals surface area (Å²) in [4.78, 5) is 0. The van der Waals surface area contributed by atoms with Crippen molar-refractivity contribution in [3.05, 3.63) is 48.0 Å². The maximum atomic E-state index is 10.8. The topological polar surface area (TPSA) is 20.2 Å². The first-order chi connectivity index (χ1) is 8.30. The van der Waals surface area contributed by atoms with Gasteiger partial charge in [-0.3, -0.25) is 0 Å². The van der Waals surface area contributed by atoms with E-state index in [9.17, 15) is 5.11 Å². The third kappa shape index (κ3) is 1.85. The van der Waals surface area contributed by atoms with Gasteiger partial charge in [-0.2, -0.15) is 0 Å². The molecule has 0 aliphatic heterocycles. The number of fused-ring (bicyclic) bond motifs is 1. The van der Waals surface area contributed by atoms with Crippen LogP contribution in [0, 0.1) is 0 Å². The Morgan fingerprint density at radius 2 is 1.53 bits per heavy atom. The van der Waals surface area contributed by atoms with Crippen LogP contribution in [0.15, 0.2) is 42.5 Å². The van der Waals surface area contributed by atoms with Crippen LogP contribution in [-0.2, 0) is 5.60 Å². The van der Waals surface area contributed by atoms with Gasteiger partial charge in [0.2, 0.25) is 0 Å². The van der Waals surface area contributed by atoms with Crippen molar-refractivity contribution in [2.24, 2.45) is 0 Å². The molecule has 1 nitrogen and oxygen atoms in total. The average molecular weight is 226 g/mol. The van der Waals surface area contributed by atoms with Crippen molar-refractivity contribution in [3.63, 3.8) is 0 Å². The summed E-state index contributed by atoms with van der Waals surface area (Å²) in [6, 6.07) is 14.6. The first-order valence-corrected chi connectivity index (χ1v) is 6.50. The summed E-state index contributed by atoms with van der Waals surface area (Å²) < 4.78 is 0. The highest BCUT2D eigenvalue weighted by atomic mass is 16.3. The fourth-order valence-corrected chi connectivity index (χ4v) is 3.04. The first kappa shape index (κ1) is 10.8. The van der Waals surface area contributed by atoms with Crippen molar-refractivity contribution >= 4 is 10.8 Å². The lowest BCUT2D eigenvalue weighted by Crippen LogP contribution is -2.28. The zero-order valence-electron chi connectivity index (χ0n) is 10.0. The summed E-state index contributed by atoms with van der Waals surface area (Å²) >= 11 is 0. The summed E-state index contributed by atoms with van der Waals surface area (Å²) in [5.41, 5.74) is 0.523. The Hall–Kier alpha value is -1.34. The van der Waals surface area contributed by atoms with Crippen molar-refractivity contribution in [2.75, 3.05) is 0 Å². The molecule has 0 atom stereocenters. The number of rotatable bonds is 1. The van der Waals surface area contributed by atoms with Crippen LogP contribution < -0.4 is 0 Å². The van der Waals surface area contributed by atoms with Gasteiger partial charge in [0.1, 0.15) is 0 Å². The Kier molecular flexibility index (Phi) is 2.64. The largest absolute Gasteiger partial charge is 0.385 e. The molecule has 0 radical (unpaired) electrons. The average Bonchev–Trinajstić information content (AvgIpc) is 2.39. The van der Waals surface area contributed by atoms with Crippen molar-refractivity contribution in [3.8, 4) is 0 Å². The van der Waals surface area contributed by atoms with Gasteiger partial charge in [0.15, 0.2) is 0 Å². The minimum absolute atomic E-state index is 0.598. The minimum atomic E-state index is -0.598. The van der Waals surface area contributed by atoms with Crippen LogP contribution in [-0.4, -0.2) is 5.11 Å². The summed E-state index contributed by atoms with van der Waals surface area (Å²) in [6.45, 7) is 0. The van der Waals surface area contributed by atoms with E-state index >= 15 is 0 Å². The van der Waals surface area contributed by atoms with Gasteiger partial charge in [-0.15, -0.1) is 0 Å². The Labute approximate surface area is 102 Å². The number of aliphatic hydroxyl groups is 1. The zero-order chi connectivity index (χ0) is 11.7.